The van der Waals surface area contributed by atoms with Gasteiger partial charge in [0.15, 0.2) is 0 Å². The number of pyridine rings is 1. The number of hydrogen-bond donors (Lipinski definition) is 2. The summed E-state index contributed by atoms with van der Waals surface area (Å²) in [6, 6.07) is 3.03. The quantitative estimate of drug-likeness (QED) is 0.405. The van der Waals surface area contributed by atoms with E-state index in [9.17, 15) is 27.9 Å². The predicted molar refractivity (Wildman–Crippen MR) is 162 cm³/mol. The third-order valence-electron chi connectivity index (χ3n) is 8.55. The van der Waals surface area contributed by atoms with E-state index in [1.165, 1.54) is 24.0 Å². The number of nitrogens with one attached hydrogen (secondary N) is 1. The monoisotopic (exact) mass is 618 g/mol. The van der Waals surface area contributed by atoms with Crippen molar-refractivity contribution in [3.8, 4) is 0 Å². The molecule has 4 rings (SSSR count). The predicted octanol–water partition coefficient (Wildman–Crippen LogP) is 4.36. The van der Waals surface area contributed by atoms with Crippen molar-refractivity contribution < 1.29 is 37.4 Å². The minimum absolute atomic E-state index is 0.0949. The largest absolute Gasteiger partial charge is 0.462 e. The Bertz CT molecular complexity index is 1310. The highest BCUT2D eigenvalue weighted by Crippen LogP contribution is 2.45. The van der Waals surface area contributed by atoms with Crippen LogP contribution in [0.2, 0.25) is 0 Å². The molecule has 1 fully saturated rings. The Labute approximate surface area is 255 Å². The molecule has 1 aromatic heterocycles. The van der Waals surface area contributed by atoms with E-state index in [-0.39, 0.29) is 42.0 Å². The number of fused-ring (bicyclic) bond motifs is 1. The second kappa shape index (κ2) is 14.6. The van der Waals surface area contributed by atoms with Crippen LogP contribution >= 0.6 is 0 Å². The van der Waals surface area contributed by atoms with Gasteiger partial charge in [-0.3, -0.25) is 19.4 Å². The first-order valence-corrected chi connectivity index (χ1v) is 16.9. The molecular weight excluding hydrogens is 572 g/mol. The Hall–Kier alpha value is -3.05. The zero-order chi connectivity index (χ0) is 31.9. The van der Waals surface area contributed by atoms with Gasteiger partial charge in [0, 0.05) is 24.7 Å². The molecule has 0 saturated carbocycles. The number of carbonyl (C=O) groups excluding carboxylic acids is 3. The Kier molecular flexibility index (Phi) is 11.7. The van der Waals surface area contributed by atoms with Crippen LogP contribution in [-0.2, 0) is 29.1 Å². The number of esters is 2. The molecule has 0 aromatic carbocycles. The molecule has 0 spiro atoms. The Morgan fingerprint density at radius 3 is 2.53 bits per heavy atom. The SMILES string of the molecule is CCC(C)(C)C(=O)O[C@H]1C[C@@H](C)C=C2C=C[C@H](C)[C@H](CC[C@@H]3C[C@@H](O)CC(=O)O3)[C@H]21.CS(=O)(=O)NC(=O)c1cccnc1. The molecule has 7 atom stereocenters. The van der Waals surface area contributed by atoms with Crippen molar-refractivity contribution in [2.45, 2.75) is 91.5 Å². The van der Waals surface area contributed by atoms with Crippen LogP contribution in [0.4, 0.5) is 0 Å². The van der Waals surface area contributed by atoms with Gasteiger partial charge >= 0.3 is 11.9 Å². The van der Waals surface area contributed by atoms with Crippen LogP contribution < -0.4 is 4.72 Å². The molecule has 238 valence electrons. The molecule has 2 N–H and O–H groups in total. The molecule has 0 unspecified atom stereocenters. The maximum Gasteiger partial charge on any atom is 0.311 e. The number of carbonyl (C=O) groups is 3. The molecular formula is C32H46N2O8S. The highest BCUT2D eigenvalue weighted by molar-refractivity contribution is 7.89. The summed E-state index contributed by atoms with van der Waals surface area (Å²) < 4.78 is 34.8. The first-order chi connectivity index (χ1) is 20.1. The topological polar surface area (TPSA) is 149 Å². The van der Waals surface area contributed by atoms with E-state index in [0.29, 0.717) is 24.2 Å². The van der Waals surface area contributed by atoms with Gasteiger partial charge in [-0.2, -0.15) is 0 Å². The van der Waals surface area contributed by atoms with Crippen LogP contribution in [-0.4, -0.2) is 60.9 Å². The van der Waals surface area contributed by atoms with Crippen molar-refractivity contribution in [3.63, 3.8) is 0 Å². The van der Waals surface area contributed by atoms with Crippen LogP contribution in [0.1, 0.15) is 83.5 Å². The fourth-order valence-corrected chi connectivity index (χ4v) is 6.26. The summed E-state index contributed by atoms with van der Waals surface area (Å²) in [7, 11) is -3.50. The molecule has 3 aliphatic rings. The number of hydrogen-bond acceptors (Lipinski definition) is 9. The van der Waals surface area contributed by atoms with Gasteiger partial charge in [-0.1, -0.05) is 39.0 Å². The second-order valence-corrected chi connectivity index (χ2v) is 14.4. The minimum Gasteiger partial charge on any atom is -0.462 e. The number of cyclic esters (lactones) is 1. The first kappa shape index (κ1) is 34.4. The standard InChI is InChI=1S/C25H38O5.C7H8N2O3S/c1-6-25(4,5)24(28)30-21-12-15(2)11-17-8-7-16(3)20(23(17)21)10-9-19-13-18(26)14-22(27)29-19;1-13(11,12)9-7(10)6-3-2-4-8-5-6/h7-8,11,15-16,18-21,23,26H,6,9-10,12-14H2,1-5H3;2-5H,1H3,(H,9,10)/t15-,16-,18+,19+,20-,21-,23-;/m0./s1. The van der Waals surface area contributed by atoms with Gasteiger partial charge in [0.2, 0.25) is 10.0 Å². The van der Waals surface area contributed by atoms with Crippen molar-refractivity contribution in [1.82, 2.24) is 9.71 Å². The highest BCUT2D eigenvalue weighted by Gasteiger charge is 2.43. The van der Waals surface area contributed by atoms with Gasteiger partial charge in [-0.25, -0.2) is 13.1 Å². The maximum absolute atomic E-state index is 12.9. The molecule has 2 heterocycles. The lowest BCUT2D eigenvalue weighted by atomic mass is 9.65. The van der Waals surface area contributed by atoms with Crippen molar-refractivity contribution >= 4 is 27.9 Å². The van der Waals surface area contributed by atoms with Gasteiger partial charge in [0.25, 0.3) is 5.91 Å². The van der Waals surface area contributed by atoms with E-state index in [0.717, 1.165) is 31.9 Å². The Morgan fingerprint density at radius 1 is 1.21 bits per heavy atom. The van der Waals surface area contributed by atoms with Crippen molar-refractivity contribution in [1.29, 1.82) is 0 Å². The molecule has 1 amide bonds. The van der Waals surface area contributed by atoms with Gasteiger partial charge in [-0.05, 0) is 75.0 Å². The Balaban J connectivity index is 0.000000326. The number of rotatable bonds is 8. The number of ether oxygens (including phenoxy) is 2. The number of aliphatic hydroxyl groups excluding tert-OH is 1. The normalized spacial score (nSPS) is 28.8. The summed E-state index contributed by atoms with van der Waals surface area (Å²) in [6.45, 7) is 10.3. The van der Waals surface area contributed by atoms with Crippen LogP contribution in [0.25, 0.3) is 0 Å². The van der Waals surface area contributed by atoms with Crippen LogP contribution in [0.15, 0.2) is 48.3 Å². The lowest BCUT2D eigenvalue weighted by molar-refractivity contribution is -0.166. The van der Waals surface area contributed by atoms with Gasteiger partial charge < -0.3 is 14.6 Å². The smallest absolute Gasteiger partial charge is 0.311 e. The number of amides is 1. The van der Waals surface area contributed by atoms with Gasteiger partial charge in [0.05, 0.1) is 29.8 Å². The summed E-state index contributed by atoms with van der Waals surface area (Å²) >= 11 is 0. The number of nitrogens with zero attached hydrogens (tertiary/aromatic N) is 1. The molecule has 1 aromatic rings. The van der Waals surface area contributed by atoms with Crippen molar-refractivity contribution in [3.05, 3.63) is 53.9 Å². The number of allylic oxidation sites excluding steroid dienone is 3. The lowest BCUT2D eigenvalue weighted by Crippen LogP contribution is -2.43. The van der Waals surface area contributed by atoms with Crippen LogP contribution in [0.3, 0.4) is 0 Å². The summed E-state index contributed by atoms with van der Waals surface area (Å²) in [5, 5.41) is 9.92. The van der Waals surface area contributed by atoms with E-state index < -0.39 is 27.4 Å². The zero-order valence-electron chi connectivity index (χ0n) is 26.0. The average molecular weight is 619 g/mol. The number of aromatic nitrogens is 1. The third kappa shape index (κ3) is 9.99. The van der Waals surface area contributed by atoms with Gasteiger partial charge in [0.1, 0.15) is 12.2 Å². The summed E-state index contributed by atoms with van der Waals surface area (Å²) in [6.07, 6.45) is 13.3. The fourth-order valence-electron chi connectivity index (χ4n) is 5.80. The summed E-state index contributed by atoms with van der Waals surface area (Å²) in [5.41, 5.74) is 1.00. The van der Waals surface area contributed by atoms with E-state index in [1.807, 2.05) is 25.5 Å². The zero-order valence-corrected chi connectivity index (χ0v) is 26.8. The van der Waals surface area contributed by atoms with E-state index >= 15 is 0 Å². The third-order valence-corrected chi connectivity index (χ3v) is 9.11. The van der Waals surface area contributed by atoms with Crippen LogP contribution in [0, 0.1) is 29.1 Å². The molecule has 43 heavy (non-hydrogen) atoms. The second-order valence-electron chi connectivity index (χ2n) is 12.7. The molecule has 10 nitrogen and oxygen atoms in total. The minimum atomic E-state index is -3.50. The molecule has 0 radical (unpaired) electrons. The molecule has 2 aliphatic carbocycles. The number of aliphatic hydroxyl groups is 1. The van der Waals surface area contributed by atoms with E-state index in [2.05, 4.69) is 37.1 Å². The fraction of sp³-hybridized carbons (Fsp3) is 0.625. The highest BCUT2D eigenvalue weighted by atomic mass is 32.2. The first-order valence-electron chi connectivity index (χ1n) is 15.0. The summed E-state index contributed by atoms with van der Waals surface area (Å²) in [5.74, 6) is 0.105. The molecule has 0 bridgehead atoms. The van der Waals surface area contributed by atoms with Crippen molar-refractivity contribution in [2.75, 3.05) is 6.26 Å². The molecule has 1 aliphatic heterocycles. The van der Waals surface area contributed by atoms with E-state index in [4.69, 9.17) is 9.47 Å². The van der Waals surface area contributed by atoms with E-state index in [1.54, 1.807) is 6.07 Å². The average Bonchev–Trinajstić information content (AvgIpc) is 2.92. The van der Waals surface area contributed by atoms with Gasteiger partial charge in [-0.15, -0.1) is 0 Å². The van der Waals surface area contributed by atoms with Crippen molar-refractivity contribution in [2.24, 2.45) is 29.1 Å². The molecule has 11 heteroatoms. The Morgan fingerprint density at radius 2 is 1.93 bits per heavy atom. The lowest BCUT2D eigenvalue weighted by Gasteiger charge is -2.44. The van der Waals surface area contributed by atoms with Crippen LogP contribution in [0.5, 0.6) is 0 Å². The maximum atomic E-state index is 12.9. The molecule has 1 saturated heterocycles. The summed E-state index contributed by atoms with van der Waals surface area (Å²) in [4.78, 5) is 39.4. The number of sulfonamides is 1.